The third kappa shape index (κ3) is 4.00. The van der Waals surface area contributed by atoms with Crippen LogP contribution in [0.15, 0.2) is 12.4 Å². The number of hydrogen-bond donors (Lipinski definition) is 2. The van der Waals surface area contributed by atoms with Gasteiger partial charge in [-0.2, -0.15) is 0 Å². The molecule has 2 aliphatic rings. The van der Waals surface area contributed by atoms with Crippen LogP contribution < -0.4 is 10.2 Å². The molecule has 2 N–H and O–H groups in total. The van der Waals surface area contributed by atoms with Crippen molar-refractivity contribution in [3.8, 4) is 0 Å². The first-order chi connectivity index (χ1) is 11.7. The third-order valence-corrected chi connectivity index (χ3v) is 4.69. The molecule has 1 aromatic heterocycles. The van der Waals surface area contributed by atoms with E-state index in [-0.39, 0.29) is 17.3 Å². The molecule has 1 amide bonds. The number of rotatable bonds is 4. The molecule has 1 aliphatic heterocycles. The Hall–Kier alpha value is -2.38. The van der Waals surface area contributed by atoms with Gasteiger partial charge >= 0.3 is 12.1 Å². The second-order valence-corrected chi connectivity index (χ2v) is 7.78. The van der Waals surface area contributed by atoms with Crippen molar-refractivity contribution >= 4 is 17.9 Å². The highest BCUT2D eigenvalue weighted by Gasteiger charge is 2.53. The molecule has 136 valence electrons. The first kappa shape index (κ1) is 17.4. The molecule has 0 radical (unpaired) electrons. The molecule has 1 aliphatic carbocycles. The van der Waals surface area contributed by atoms with Crippen LogP contribution in [0.25, 0.3) is 0 Å². The average Bonchev–Trinajstić information content (AvgIpc) is 3.10. The first-order valence-electron chi connectivity index (χ1n) is 8.50. The lowest BCUT2D eigenvalue weighted by Gasteiger charge is -2.27. The maximum Gasteiger partial charge on any atom is 0.408 e. The number of carbonyl (C=O) groups excluding carboxylic acids is 1. The number of amides is 1. The Labute approximate surface area is 146 Å². The van der Waals surface area contributed by atoms with Crippen LogP contribution in [0.2, 0.25) is 0 Å². The van der Waals surface area contributed by atoms with Gasteiger partial charge in [-0.05, 0) is 40.0 Å². The number of aromatic carboxylic acids is 1. The lowest BCUT2D eigenvalue weighted by molar-refractivity contribution is 0.0477. The van der Waals surface area contributed by atoms with Gasteiger partial charge in [0.2, 0.25) is 0 Å². The molecule has 1 saturated heterocycles. The fourth-order valence-corrected chi connectivity index (χ4v) is 3.29. The molecule has 2 fully saturated rings. The van der Waals surface area contributed by atoms with Crippen molar-refractivity contribution in [3.05, 3.63) is 18.1 Å². The Morgan fingerprint density at radius 1 is 1.32 bits per heavy atom. The van der Waals surface area contributed by atoms with Gasteiger partial charge in [0.15, 0.2) is 5.69 Å². The molecule has 8 nitrogen and oxygen atoms in total. The molecule has 1 aromatic rings. The van der Waals surface area contributed by atoms with E-state index in [2.05, 4.69) is 20.2 Å². The first-order valence-corrected chi connectivity index (χ1v) is 8.50. The summed E-state index contributed by atoms with van der Waals surface area (Å²) >= 11 is 0. The molecule has 25 heavy (non-hydrogen) atoms. The summed E-state index contributed by atoms with van der Waals surface area (Å²) in [7, 11) is 0. The molecule has 0 spiro atoms. The van der Waals surface area contributed by atoms with Crippen LogP contribution in [0.5, 0.6) is 0 Å². The lowest BCUT2D eigenvalue weighted by atomic mass is 9.96. The number of nitrogens with one attached hydrogen (secondary N) is 1. The van der Waals surface area contributed by atoms with Crippen molar-refractivity contribution in [2.24, 2.45) is 5.92 Å². The molecule has 1 saturated carbocycles. The number of ether oxygens (including phenoxy) is 1. The van der Waals surface area contributed by atoms with Crippen molar-refractivity contribution in [1.29, 1.82) is 0 Å². The molecule has 0 bridgehead atoms. The van der Waals surface area contributed by atoms with E-state index in [0.717, 1.165) is 32.4 Å². The average molecular weight is 348 g/mol. The number of alkyl carbamates (subject to hydrolysis) is 1. The fraction of sp³-hybridized carbons (Fsp3) is 0.647. The van der Waals surface area contributed by atoms with E-state index in [1.165, 1.54) is 12.4 Å². The van der Waals surface area contributed by atoms with Crippen molar-refractivity contribution < 1.29 is 19.4 Å². The molecular formula is C17H24N4O4. The van der Waals surface area contributed by atoms with Crippen LogP contribution in [-0.2, 0) is 4.74 Å². The maximum atomic E-state index is 12.1. The van der Waals surface area contributed by atoms with Gasteiger partial charge in [0, 0.05) is 24.5 Å². The summed E-state index contributed by atoms with van der Waals surface area (Å²) < 4.78 is 5.38. The normalized spacial score (nSPS) is 21.7. The van der Waals surface area contributed by atoms with Crippen LogP contribution in [0, 0.1) is 5.92 Å². The van der Waals surface area contributed by atoms with E-state index < -0.39 is 11.6 Å². The van der Waals surface area contributed by atoms with Crippen LogP contribution in [0.3, 0.4) is 0 Å². The van der Waals surface area contributed by atoms with E-state index in [0.29, 0.717) is 11.7 Å². The molecule has 2 heterocycles. The molecule has 3 rings (SSSR count). The SMILES string of the molecule is CC(C)(C)OC(=O)NC1([C@@H]2CCN(c3cnc(C(=O)O)cn3)C2)CC1. The van der Waals surface area contributed by atoms with E-state index in [9.17, 15) is 9.59 Å². The predicted octanol–water partition coefficient (Wildman–Crippen LogP) is 2.06. The summed E-state index contributed by atoms with van der Waals surface area (Å²) in [5.74, 6) is -0.0987. The number of carbonyl (C=O) groups is 2. The van der Waals surface area contributed by atoms with Gasteiger partial charge in [0.25, 0.3) is 0 Å². The minimum atomic E-state index is -1.09. The van der Waals surface area contributed by atoms with Gasteiger partial charge in [0.05, 0.1) is 12.4 Å². The van der Waals surface area contributed by atoms with Crippen LogP contribution in [-0.4, -0.2) is 51.4 Å². The van der Waals surface area contributed by atoms with Gasteiger partial charge in [-0.1, -0.05) is 0 Å². The predicted molar refractivity (Wildman–Crippen MR) is 90.6 cm³/mol. The Morgan fingerprint density at radius 2 is 2.04 bits per heavy atom. The second kappa shape index (κ2) is 6.16. The highest BCUT2D eigenvalue weighted by atomic mass is 16.6. The van der Waals surface area contributed by atoms with Gasteiger partial charge < -0.3 is 20.1 Å². The highest BCUT2D eigenvalue weighted by molar-refractivity contribution is 5.84. The van der Waals surface area contributed by atoms with E-state index >= 15 is 0 Å². The largest absolute Gasteiger partial charge is 0.476 e. The summed E-state index contributed by atoms with van der Waals surface area (Å²) in [5, 5.41) is 12.0. The van der Waals surface area contributed by atoms with Crippen molar-refractivity contribution in [1.82, 2.24) is 15.3 Å². The summed E-state index contributed by atoms with van der Waals surface area (Å²) in [5.41, 5.74) is -0.765. The summed E-state index contributed by atoms with van der Waals surface area (Å²) in [4.78, 5) is 33.2. The molecule has 1 atom stereocenters. The van der Waals surface area contributed by atoms with Gasteiger partial charge in [-0.15, -0.1) is 0 Å². The topological polar surface area (TPSA) is 105 Å². The van der Waals surface area contributed by atoms with Gasteiger partial charge in [0.1, 0.15) is 11.4 Å². The minimum absolute atomic E-state index is 0.0650. The smallest absolute Gasteiger partial charge is 0.408 e. The zero-order valence-corrected chi connectivity index (χ0v) is 14.8. The number of carboxylic acids is 1. The van der Waals surface area contributed by atoms with Gasteiger partial charge in [-0.25, -0.2) is 19.6 Å². The second-order valence-electron chi connectivity index (χ2n) is 7.78. The van der Waals surface area contributed by atoms with Crippen molar-refractivity contribution in [2.45, 2.75) is 51.2 Å². The van der Waals surface area contributed by atoms with Gasteiger partial charge in [-0.3, -0.25) is 0 Å². The highest BCUT2D eigenvalue weighted by Crippen LogP contribution is 2.46. The quantitative estimate of drug-likeness (QED) is 0.858. The summed E-state index contributed by atoms with van der Waals surface area (Å²) in [6.07, 6.45) is 5.25. The maximum absolute atomic E-state index is 12.1. The standard InChI is InChI=1S/C17H24N4O4/c1-16(2,3)25-15(24)20-17(5-6-17)11-4-7-21(10-11)13-9-18-12(8-19-13)14(22)23/h8-9,11H,4-7,10H2,1-3H3,(H,20,24)(H,22,23)/t11-/m1/s1. The third-order valence-electron chi connectivity index (χ3n) is 4.69. The number of aromatic nitrogens is 2. The number of nitrogens with zero attached hydrogens (tertiary/aromatic N) is 3. The minimum Gasteiger partial charge on any atom is -0.476 e. The van der Waals surface area contributed by atoms with Crippen LogP contribution in [0.1, 0.15) is 50.5 Å². The number of carboxylic acid groups (broad SMARTS) is 1. The summed E-state index contributed by atoms with van der Waals surface area (Å²) in [6.45, 7) is 7.12. The van der Waals surface area contributed by atoms with Crippen molar-refractivity contribution in [3.63, 3.8) is 0 Å². The number of anilines is 1. The molecular weight excluding hydrogens is 324 g/mol. The van der Waals surface area contributed by atoms with Crippen molar-refractivity contribution in [2.75, 3.05) is 18.0 Å². The Kier molecular flexibility index (Phi) is 4.30. The van der Waals surface area contributed by atoms with E-state index in [1.54, 1.807) is 0 Å². The van der Waals surface area contributed by atoms with Crippen LogP contribution >= 0.6 is 0 Å². The lowest BCUT2D eigenvalue weighted by Crippen LogP contribution is -2.45. The number of hydrogen-bond acceptors (Lipinski definition) is 6. The zero-order valence-electron chi connectivity index (χ0n) is 14.8. The Morgan fingerprint density at radius 3 is 2.56 bits per heavy atom. The molecule has 8 heteroatoms. The molecule has 0 unspecified atom stereocenters. The van der Waals surface area contributed by atoms with E-state index in [4.69, 9.17) is 9.84 Å². The monoisotopic (exact) mass is 348 g/mol. The Balaban J connectivity index is 1.60. The zero-order chi connectivity index (χ0) is 18.2. The van der Waals surface area contributed by atoms with E-state index in [1.807, 2.05) is 20.8 Å². The summed E-state index contributed by atoms with van der Waals surface area (Å²) in [6, 6.07) is 0. The fourth-order valence-electron chi connectivity index (χ4n) is 3.29. The Bertz CT molecular complexity index is 664. The van der Waals surface area contributed by atoms with Crippen LogP contribution in [0.4, 0.5) is 10.6 Å². The molecule has 0 aromatic carbocycles.